The van der Waals surface area contributed by atoms with Gasteiger partial charge >= 0.3 is 0 Å². The van der Waals surface area contributed by atoms with Gasteiger partial charge in [0, 0.05) is 18.3 Å². The van der Waals surface area contributed by atoms with Crippen LogP contribution < -0.4 is 5.32 Å². The predicted octanol–water partition coefficient (Wildman–Crippen LogP) is 3.65. The maximum absolute atomic E-state index is 12.7. The van der Waals surface area contributed by atoms with Gasteiger partial charge in [-0.1, -0.05) is 41.2 Å². The van der Waals surface area contributed by atoms with E-state index in [1.165, 1.54) is 32.4 Å². The Hall–Kier alpha value is -1.93. The van der Waals surface area contributed by atoms with E-state index >= 15 is 0 Å². The Balaban J connectivity index is 2.42. The SMILES string of the molecule is CCc1cccc(C)c1NC(=O)c1ccc(Cl)c(S(=O)(=O)N(C)OC)c1. The van der Waals surface area contributed by atoms with Crippen molar-refractivity contribution in [1.82, 2.24) is 4.47 Å². The van der Waals surface area contributed by atoms with Crippen LogP contribution in [0.4, 0.5) is 5.69 Å². The van der Waals surface area contributed by atoms with Gasteiger partial charge in [-0.25, -0.2) is 8.42 Å². The average Bonchev–Trinajstić information content (AvgIpc) is 2.62. The second kappa shape index (κ2) is 8.18. The molecule has 6 nitrogen and oxygen atoms in total. The van der Waals surface area contributed by atoms with Gasteiger partial charge in [0.25, 0.3) is 15.9 Å². The van der Waals surface area contributed by atoms with Gasteiger partial charge in [0.05, 0.1) is 12.1 Å². The minimum Gasteiger partial charge on any atom is -0.321 e. The maximum atomic E-state index is 12.7. The van der Waals surface area contributed by atoms with Crippen molar-refractivity contribution in [3.8, 4) is 0 Å². The summed E-state index contributed by atoms with van der Waals surface area (Å²) in [6.45, 7) is 3.90. The number of amides is 1. The monoisotopic (exact) mass is 396 g/mol. The molecule has 0 aliphatic carbocycles. The predicted molar refractivity (Wildman–Crippen MR) is 102 cm³/mol. The third-order valence-corrected chi connectivity index (χ3v) is 6.21. The molecule has 140 valence electrons. The molecule has 8 heteroatoms. The molecule has 2 aromatic carbocycles. The number of nitrogens with zero attached hydrogens (tertiary/aromatic N) is 1. The molecule has 0 aliphatic rings. The molecular weight excluding hydrogens is 376 g/mol. The lowest BCUT2D eigenvalue weighted by atomic mass is 10.1. The number of hydrogen-bond donors (Lipinski definition) is 1. The largest absolute Gasteiger partial charge is 0.321 e. The maximum Gasteiger partial charge on any atom is 0.266 e. The summed E-state index contributed by atoms with van der Waals surface area (Å²) >= 11 is 6.03. The molecule has 1 amide bonds. The summed E-state index contributed by atoms with van der Waals surface area (Å²) in [6, 6.07) is 9.87. The lowest BCUT2D eigenvalue weighted by molar-refractivity contribution is -0.0258. The minimum atomic E-state index is -3.97. The van der Waals surface area contributed by atoms with Crippen molar-refractivity contribution in [1.29, 1.82) is 0 Å². The van der Waals surface area contributed by atoms with E-state index in [1.54, 1.807) is 0 Å². The second-order valence-electron chi connectivity index (χ2n) is 5.66. The summed E-state index contributed by atoms with van der Waals surface area (Å²) in [4.78, 5) is 17.2. The van der Waals surface area contributed by atoms with Gasteiger partial charge in [0.2, 0.25) is 0 Å². The third kappa shape index (κ3) is 4.07. The van der Waals surface area contributed by atoms with Crippen molar-refractivity contribution < 1.29 is 18.0 Å². The van der Waals surface area contributed by atoms with Crippen molar-refractivity contribution in [2.45, 2.75) is 25.2 Å². The first-order chi connectivity index (χ1) is 12.2. The number of carbonyl (C=O) groups excluding carboxylic acids is 1. The normalized spacial score (nSPS) is 11.6. The molecule has 0 saturated carbocycles. The smallest absolute Gasteiger partial charge is 0.266 e. The lowest BCUT2D eigenvalue weighted by Gasteiger charge is -2.16. The molecular formula is C18H21ClN2O4S. The van der Waals surface area contributed by atoms with Crippen molar-refractivity contribution in [2.75, 3.05) is 19.5 Å². The van der Waals surface area contributed by atoms with E-state index in [0.29, 0.717) is 4.47 Å². The Morgan fingerprint density at radius 1 is 1.27 bits per heavy atom. The molecule has 0 aliphatic heterocycles. The van der Waals surface area contributed by atoms with Crippen LogP contribution in [0, 0.1) is 6.92 Å². The van der Waals surface area contributed by atoms with Gasteiger partial charge < -0.3 is 5.32 Å². The topological polar surface area (TPSA) is 75.7 Å². The van der Waals surface area contributed by atoms with Crippen LogP contribution in [0.15, 0.2) is 41.3 Å². The molecule has 0 unspecified atom stereocenters. The number of halogens is 1. The van der Waals surface area contributed by atoms with Crippen molar-refractivity contribution in [3.63, 3.8) is 0 Å². The Kier molecular flexibility index (Phi) is 6.41. The number of anilines is 1. The van der Waals surface area contributed by atoms with Gasteiger partial charge in [-0.05, 0) is 42.7 Å². The average molecular weight is 397 g/mol. The summed E-state index contributed by atoms with van der Waals surface area (Å²) in [5.74, 6) is -0.415. The molecule has 1 N–H and O–H groups in total. The van der Waals surface area contributed by atoms with Gasteiger partial charge in [0.15, 0.2) is 0 Å². The third-order valence-electron chi connectivity index (χ3n) is 4.05. The van der Waals surface area contributed by atoms with Crippen molar-refractivity contribution in [3.05, 3.63) is 58.1 Å². The Labute approximate surface area is 158 Å². The standard InChI is InChI=1S/C18H21ClN2O4S/c1-5-13-8-6-7-12(2)17(13)20-18(22)14-9-10-15(19)16(11-14)26(23,24)21(3)25-4/h6-11H,5H2,1-4H3,(H,20,22). The van der Waals surface area contributed by atoms with E-state index in [9.17, 15) is 13.2 Å². The Morgan fingerprint density at radius 2 is 1.96 bits per heavy atom. The van der Waals surface area contributed by atoms with E-state index in [4.69, 9.17) is 16.4 Å². The van der Waals surface area contributed by atoms with E-state index < -0.39 is 15.9 Å². The first-order valence-electron chi connectivity index (χ1n) is 7.94. The van der Waals surface area contributed by atoms with Crippen LogP contribution >= 0.6 is 11.6 Å². The molecule has 0 aromatic heterocycles. The zero-order chi connectivity index (χ0) is 19.5. The highest BCUT2D eigenvalue weighted by Crippen LogP contribution is 2.27. The number of nitrogens with one attached hydrogen (secondary N) is 1. The molecule has 0 heterocycles. The number of sulfonamides is 1. The summed E-state index contributed by atoms with van der Waals surface area (Å²) in [6.07, 6.45) is 0.760. The van der Waals surface area contributed by atoms with Crippen molar-refractivity contribution in [2.24, 2.45) is 0 Å². The summed E-state index contributed by atoms with van der Waals surface area (Å²) in [7, 11) is -1.49. The van der Waals surface area contributed by atoms with Crippen LogP contribution in [0.1, 0.15) is 28.4 Å². The molecule has 0 spiro atoms. The summed E-state index contributed by atoms with van der Waals surface area (Å²) in [5.41, 5.74) is 2.84. The fourth-order valence-corrected chi connectivity index (χ4v) is 3.94. The highest BCUT2D eigenvalue weighted by Gasteiger charge is 2.25. The van der Waals surface area contributed by atoms with E-state index in [2.05, 4.69) is 5.32 Å². The van der Waals surface area contributed by atoms with Gasteiger partial charge in [-0.15, -0.1) is 0 Å². The molecule has 0 radical (unpaired) electrons. The molecule has 26 heavy (non-hydrogen) atoms. The molecule has 0 bridgehead atoms. The minimum absolute atomic E-state index is 0.00980. The van der Waals surface area contributed by atoms with Gasteiger partial charge in [0.1, 0.15) is 4.90 Å². The fourth-order valence-electron chi connectivity index (χ4n) is 2.47. The zero-order valence-electron chi connectivity index (χ0n) is 15.0. The van der Waals surface area contributed by atoms with Crippen molar-refractivity contribution >= 4 is 33.2 Å². The number of para-hydroxylation sites is 1. The van der Waals surface area contributed by atoms with Gasteiger partial charge in [-0.3, -0.25) is 9.63 Å². The van der Waals surface area contributed by atoms with Crippen LogP contribution in [-0.2, 0) is 21.3 Å². The fraction of sp³-hybridized carbons (Fsp3) is 0.278. The molecule has 0 atom stereocenters. The number of benzene rings is 2. The van der Waals surface area contributed by atoms with Crippen LogP contribution in [-0.4, -0.2) is 33.0 Å². The van der Waals surface area contributed by atoms with Crippen LogP contribution in [0.3, 0.4) is 0 Å². The van der Waals surface area contributed by atoms with Gasteiger partial charge in [-0.2, -0.15) is 0 Å². The first-order valence-corrected chi connectivity index (χ1v) is 9.76. The van der Waals surface area contributed by atoms with E-state index in [-0.39, 0.29) is 15.5 Å². The number of hydroxylamine groups is 1. The zero-order valence-corrected chi connectivity index (χ0v) is 16.6. The second-order valence-corrected chi connectivity index (χ2v) is 7.97. The highest BCUT2D eigenvalue weighted by molar-refractivity contribution is 7.89. The molecule has 0 saturated heterocycles. The summed E-state index contributed by atoms with van der Waals surface area (Å²) < 4.78 is 25.6. The molecule has 2 rings (SSSR count). The van der Waals surface area contributed by atoms with Crippen LogP contribution in [0.2, 0.25) is 5.02 Å². The number of rotatable bonds is 6. The van der Waals surface area contributed by atoms with E-state index in [0.717, 1.165) is 23.2 Å². The molecule has 0 fully saturated rings. The van der Waals surface area contributed by atoms with Crippen LogP contribution in [0.25, 0.3) is 0 Å². The number of carbonyl (C=O) groups is 1. The highest BCUT2D eigenvalue weighted by atomic mass is 35.5. The Bertz CT molecular complexity index is 929. The summed E-state index contributed by atoms with van der Waals surface area (Å²) in [5, 5.41) is 2.88. The number of hydrogen-bond acceptors (Lipinski definition) is 4. The quantitative estimate of drug-likeness (QED) is 0.756. The Morgan fingerprint density at radius 3 is 2.58 bits per heavy atom. The van der Waals surface area contributed by atoms with Crippen LogP contribution in [0.5, 0.6) is 0 Å². The molecule has 2 aromatic rings. The lowest BCUT2D eigenvalue weighted by Crippen LogP contribution is -2.26. The number of aryl methyl sites for hydroxylation is 2. The first kappa shape index (κ1) is 20.4. The van der Waals surface area contributed by atoms with E-state index in [1.807, 2.05) is 32.0 Å².